The number of benzene rings is 1. The summed E-state index contributed by atoms with van der Waals surface area (Å²) in [6.45, 7) is 0. The second kappa shape index (κ2) is 6.27. The Morgan fingerprint density at radius 1 is 1.03 bits per heavy atom. The summed E-state index contributed by atoms with van der Waals surface area (Å²) in [6, 6.07) is 2.57. The van der Waals surface area contributed by atoms with Crippen molar-refractivity contribution in [3.05, 3.63) is 41.2 Å². The predicted molar refractivity (Wildman–Crippen MR) is 84.8 cm³/mol. The van der Waals surface area contributed by atoms with Gasteiger partial charge in [0.25, 0.3) is 5.91 Å². The summed E-state index contributed by atoms with van der Waals surface area (Å²) in [7, 11) is 1.33. The Morgan fingerprint density at radius 3 is 2.17 bits per heavy atom. The van der Waals surface area contributed by atoms with E-state index in [1.54, 1.807) is 5.43 Å². The van der Waals surface area contributed by atoms with E-state index in [-0.39, 0.29) is 22.7 Å². The van der Waals surface area contributed by atoms with Crippen LogP contribution in [0.25, 0.3) is 21.8 Å². The number of carbonyl (C=O) groups is 1. The highest BCUT2D eigenvalue weighted by Crippen LogP contribution is 2.48. The van der Waals surface area contributed by atoms with E-state index >= 15 is 0 Å². The maximum atomic E-state index is 14.0. The summed E-state index contributed by atoms with van der Waals surface area (Å²) in [6.07, 6.45) is -11.4. The highest BCUT2D eigenvalue weighted by atomic mass is 19.4. The number of nitrogen functional groups attached to an aromatic ring is 1. The van der Waals surface area contributed by atoms with Crippen molar-refractivity contribution < 1.29 is 39.9 Å². The number of amides is 1. The Bertz CT molecular complexity index is 1130. The van der Waals surface area contributed by atoms with Gasteiger partial charge in [-0.3, -0.25) is 10.2 Å². The second-order valence-corrected chi connectivity index (χ2v) is 6.08. The van der Waals surface area contributed by atoms with E-state index in [4.69, 9.17) is 5.84 Å². The molecule has 29 heavy (non-hydrogen) atoms. The number of hydrogen-bond acceptors (Lipinski definition) is 3. The maximum Gasteiger partial charge on any atom is 0.458 e. The van der Waals surface area contributed by atoms with Crippen LogP contribution in [-0.2, 0) is 19.1 Å². The van der Waals surface area contributed by atoms with E-state index in [1.165, 1.54) is 11.6 Å². The molecule has 3 aromatic rings. The molecule has 0 bridgehead atoms. The Morgan fingerprint density at radius 2 is 1.66 bits per heavy atom. The molecule has 0 spiro atoms. The maximum absolute atomic E-state index is 14.0. The van der Waals surface area contributed by atoms with E-state index in [0.717, 1.165) is 18.2 Å². The third-order valence-electron chi connectivity index (χ3n) is 4.35. The van der Waals surface area contributed by atoms with Crippen molar-refractivity contribution in [1.29, 1.82) is 0 Å². The standard InChI is InChI=1S/C16H10F8N4O/c1-28-9-3-2-6-8(14(17,18)16(22,23)24)5-11(15(19,20)21)26-12(6)7(9)4-10(28)13(29)27-25/h2-5H,25H2,1H3,(H,27,29). The van der Waals surface area contributed by atoms with Crippen molar-refractivity contribution in [2.45, 2.75) is 18.3 Å². The molecule has 0 aliphatic heterocycles. The number of rotatable bonds is 2. The number of alkyl halides is 8. The third kappa shape index (κ3) is 3.14. The van der Waals surface area contributed by atoms with Gasteiger partial charge in [0.15, 0.2) is 0 Å². The van der Waals surface area contributed by atoms with Crippen molar-refractivity contribution in [2.24, 2.45) is 12.9 Å². The first kappa shape index (κ1) is 20.8. The molecule has 0 radical (unpaired) electrons. The minimum Gasteiger partial charge on any atom is -0.340 e. The number of hydrazine groups is 1. The van der Waals surface area contributed by atoms with E-state index in [1.807, 2.05) is 0 Å². The molecule has 13 heteroatoms. The van der Waals surface area contributed by atoms with Crippen LogP contribution in [0.15, 0.2) is 24.3 Å². The average molecular weight is 426 g/mol. The molecule has 0 unspecified atom stereocenters. The van der Waals surface area contributed by atoms with Crippen LogP contribution in [0.2, 0.25) is 0 Å². The van der Waals surface area contributed by atoms with E-state index in [0.29, 0.717) is 0 Å². The van der Waals surface area contributed by atoms with Crippen LogP contribution in [0.5, 0.6) is 0 Å². The predicted octanol–water partition coefficient (Wildman–Crippen LogP) is 4.00. The zero-order valence-corrected chi connectivity index (χ0v) is 14.2. The lowest BCUT2D eigenvalue weighted by Gasteiger charge is -2.22. The van der Waals surface area contributed by atoms with Crippen molar-refractivity contribution in [1.82, 2.24) is 15.0 Å². The highest BCUT2D eigenvalue weighted by Gasteiger charge is 2.60. The molecule has 0 atom stereocenters. The summed E-state index contributed by atoms with van der Waals surface area (Å²) in [5, 5.41) is -1.06. The van der Waals surface area contributed by atoms with Crippen LogP contribution in [0.1, 0.15) is 21.7 Å². The number of nitrogens with one attached hydrogen (secondary N) is 1. The minimum atomic E-state index is -6.14. The van der Waals surface area contributed by atoms with Crippen LogP contribution in [0.4, 0.5) is 35.1 Å². The molecule has 0 saturated carbocycles. The molecule has 3 N–H and O–H groups in total. The van der Waals surface area contributed by atoms with Gasteiger partial charge in [0.1, 0.15) is 11.4 Å². The lowest BCUT2D eigenvalue weighted by atomic mass is 9.99. The Hall–Kier alpha value is -2.96. The Balaban J connectivity index is 2.50. The van der Waals surface area contributed by atoms with Gasteiger partial charge in [-0.05, 0) is 18.2 Å². The summed E-state index contributed by atoms with van der Waals surface area (Å²) in [5.41, 5.74) is -2.88. The Labute approximate surface area is 156 Å². The van der Waals surface area contributed by atoms with E-state index in [9.17, 15) is 39.9 Å². The topological polar surface area (TPSA) is 72.9 Å². The quantitative estimate of drug-likeness (QED) is 0.282. The van der Waals surface area contributed by atoms with Crippen LogP contribution in [0, 0.1) is 0 Å². The average Bonchev–Trinajstić information content (AvgIpc) is 2.95. The summed E-state index contributed by atoms with van der Waals surface area (Å²) >= 11 is 0. The number of hydrogen-bond donors (Lipinski definition) is 2. The normalized spacial score (nSPS) is 13.3. The van der Waals surface area contributed by atoms with Gasteiger partial charge < -0.3 is 4.57 Å². The van der Waals surface area contributed by atoms with Crippen LogP contribution >= 0.6 is 0 Å². The summed E-state index contributed by atoms with van der Waals surface area (Å²) < 4.78 is 107. The van der Waals surface area contributed by atoms with E-state index in [2.05, 4.69) is 4.98 Å². The largest absolute Gasteiger partial charge is 0.458 e. The van der Waals surface area contributed by atoms with Crippen LogP contribution < -0.4 is 11.3 Å². The zero-order chi connectivity index (χ0) is 21.9. The Kier molecular flexibility index (Phi) is 4.49. The molecular formula is C16H10F8N4O. The molecule has 0 aliphatic rings. The van der Waals surface area contributed by atoms with Crippen molar-refractivity contribution >= 4 is 27.7 Å². The number of halogens is 8. The number of aromatic nitrogens is 2. The third-order valence-corrected chi connectivity index (χ3v) is 4.35. The molecule has 0 fully saturated rings. The number of aryl methyl sites for hydroxylation is 1. The van der Waals surface area contributed by atoms with Crippen LogP contribution in [-0.4, -0.2) is 21.6 Å². The number of carbonyl (C=O) groups excluding carboxylic acids is 1. The van der Waals surface area contributed by atoms with Crippen molar-refractivity contribution in [2.75, 3.05) is 0 Å². The van der Waals surface area contributed by atoms with Gasteiger partial charge in [-0.25, -0.2) is 10.8 Å². The lowest BCUT2D eigenvalue weighted by Crippen LogP contribution is -2.34. The first-order valence-electron chi connectivity index (χ1n) is 7.66. The highest BCUT2D eigenvalue weighted by molar-refractivity contribution is 6.09. The first-order chi connectivity index (χ1) is 13.2. The fraction of sp³-hybridized carbons (Fsp3) is 0.250. The lowest BCUT2D eigenvalue weighted by molar-refractivity contribution is -0.288. The van der Waals surface area contributed by atoms with Gasteiger partial charge in [0.2, 0.25) is 0 Å². The second-order valence-electron chi connectivity index (χ2n) is 6.08. The molecular weight excluding hydrogens is 416 g/mol. The van der Waals surface area contributed by atoms with Gasteiger partial charge in [-0.2, -0.15) is 35.1 Å². The van der Waals surface area contributed by atoms with Gasteiger partial charge in [-0.15, -0.1) is 0 Å². The minimum absolute atomic E-state index is 0.0733. The molecule has 1 amide bonds. The molecule has 0 saturated heterocycles. The monoisotopic (exact) mass is 426 g/mol. The molecule has 156 valence electrons. The number of fused-ring (bicyclic) bond motifs is 3. The molecule has 1 aromatic carbocycles. The fourth-order valence-electron chi connectivity index (χ4n) is 2.95. The summed E-state index contributed by atoms with van der Waals surface area (Å²) in [4.78, 5) is 15.1. The van der Waals surface area contributed by atoms with Gasteiger partial charge in [-0.1, -0.05) is 6.07 Å². The number of pyridine rings is 1. The zero-order valence-electron chi connectivity index (χ0n) is 14.2. The van der Waals surface area contributed by atoms with Gasteiger partial charge in [0, 0.05) is 23.4 Å². The molecule has 5 nitrogen and oxygen atoms in total. The molecule has 2 heterocycles. The number of nitrogens with two attached hydrogens (primary N) is 1. The molecule has 2 aromatic heterocycles. The van der Waals surface area contributed by atoms with Crippen LogP contribution in [0.3, 0.4) is 0 Å². The first-order valence-corrected chi connectivity index (χ1v) is 7.66. The van der Waals surface area contributed by atoms with Crippen molar-refractivity contribution in [3.63, 3.8) is 0 Å². The SMILES string of the molecule is Cn1c(C(=O)NN)cc2c3nc(C(F)(F)F)cc(C(F)(F)C(F)(F)F)c3ccc21. The number of nitrogens with zero attached hydrogens (tertiary/aromatic N) is 2. The smallest absolute Gasteiger partial charge is 0.340 e. The molecule has 0 aliphatic carbocycles. The van der Waals surface area contributed by atoms with Gasteiger partial charge >= 0.3 is 18.3 Å². The molecule has 3 rings (SSSR count). The summed E-state index contributed by atoms with van der Waals surface area (Å²) in [5.74, 6) is -1.42. The van der Waals surface area contributed by atoms with Gasteiger partial charge in [0.05, 0.1) is 11.0 Å². The fourth-order valence-corrected chi connectivity index (χ4v) is 2.95. The van der Waals surface area contributed by atoms with E-state index < -0.39 is 46.3 Å². The van der Waals surface area contributed by atoms with Crippen molar-refractivity contribution in [3.8, 4) is 0 Å².